The molecule has 0 fully saturated rings. The summed E-state index contributed by atoms with van der Waals surface area (Å²) in [5.74, 6) is 0. The van der Waals surface area contributed by atoms with Crippen LogP contribution < -0.4 is 4.72 Å². The number of hydrogen-bond acceptors (Lipinski definition) is 3. The Bertz CT molecular complexity index is 623. The van der Waals surface area contributed by atoms with E-state index in [-0.39, 0.29) is 6.04 Å². The van der Waals surface area contributed by atoms with Crippen LogP contribution in [0.4, 0.5) is 0 Å². The Morgan fingerprint density at radius 2 is 1.89 bits per heavy atom. The van der Waals surface area contributed by atoms with Gasteiger partial charge < -0.3 is 0 Å². The highest BCUT2D eigenvalue weighted by atomic mass is 79.9. The van der Waals surface area contributed by atoms with E-state index in [4.69, 9.17) is 0 Å². The van der Waals surface area contributed by atoms with E-state index in [2.05, 4.69) is 20.7 Å². The smallest absolute Gasteiger partial charge is 0.206 e. The second-order valence-corrected chi connectivity index (χ2v) is 7.49. The molecule has 2 aromatic rings. The van der Waals surface area contributed by atoms with Crippen LogP contribution in [0, 0.1) is 0 Å². The van der Waals surface area contributed by atoms with Crippen LogP contribution >= 0.6 is 27.3 Å². The topological polar surface area (TPSA) is 46.2 Å². The van der Waals surface area contributed by atoms with E-state index in [1.165, 1.54) is 11.3 Å². The molecule has 0 saturated heterocycles. The van der Waals surface area contributed by atoms with Crippen molar-refractivity contribution in [2.24, 2.45) is 0 Å². The zero-order valence-electron chi connectivity index (χ0n) is 9.63. The fourth-order valence-corrected chi connectivity index (χ4v) is 5.15. The molecule has 3 nitrogen and oxygen atoms in total. The molecule has 1 unspecified atom stereocenters. The molecule has 0 saturated carbocycles. The van der Waals surface area contributed by atoms with Crippen LogP contribution in [-0.2, 0) is 10.0 Å². The van der Waals surface area contributed by atoms with Gasteiger partial charge in [0, 0.05) is 10.5 Å². The maximum Gasteiger partial charge on any atom is 0.251 e. The molecule has 1 aromatic heterocycles. The van der Waals surface area contributed by atoms with E-state index in [0.717, 1.165) is 5.56 Å². The summed E-state index contributed by atoms with van der Waals surface area (Å²) in [6.45, 7) is 1.83. The first-order chi connectivity index (χ1) is 8.50. The van der Waals surface area contributed by atoms with Gasteiger partial charge in [0.05, 0.1) is 0 Å². The summed E-state index contributed by atoms with van der Waals surface area (Å²) in [4.78, 5) is 0. The molecule has 0 amide bonds. The lowest BCUT2D eigenvalue weighted by Gasteiger charge is -2.13. The number of sulfonamides is 1. The Morgan fingerprint density at radius 1 is 1.22 bits per heavy atom. The molecule has 6 heteroatoms. The van der Waals surface area contributed by atoms with Crippen molar-refractivity contribution in [2.75, 3.05) is 0 Å². The Labute approximate surface area is 119 Å². The largest absolute Gasteiger partial charge is 0.251 e. The van der Waals surface area contributed by atoms with Crippen molar-refractivity contribution in [3.63, 3.8) is 0 Å². The van der Waals surface area contributed by atoms with Gasteiger partial charge in [-0.3, -0.25) is 0 Å². The number of thiophene rings is 1. The molecular weight excluding hydrogens is 334 g/mol. The van der Waals surface area contributed by atoms with Crippen LogP contribution in [0.1, 0.15) is 18.5 Å². The molecule has 0 spiro atoms. The van der Waals surface area contributed by atoms with Gasteiger partial charge in [-0.25, -0.2) is 13.1 Å². The van der Waals surface area contributed by atoms with E-state index >= 15 is 0 Å². The van der Waals surface area contributed by atoms with Crippen LogP contribution in [0.25, 0.3) is 0 Å². The average molecular weight is 346 g/mol. The van der Waals surface area contributed by atoms with Gasteiger partial charge in [0.2, 0.25) is 0 Å². The number of rotatable bonds is 4. The molecule has 0 aliphatic rings. The highest BCUT2D eigenvalue weighted by molar-refractivity contribution is 9.10. The minimum absolute atomic E-state index is 0.259. The van der Waals surface area contributed by atoms with Gasteiger partial charge in [-0.05, 0) is 39.9 Å². The quantitative estimate of drug-likeness (QED) is 0.920. The average Bonchev–Trinajstić information content (AvgIpc) is 2.77. The minimum Gasteiger partial charge on any atom is -0.206 e. The van der Waals surface area contributed by atoms with Crippen molar-refractivity contribution >= 4 is 37.3 Å². The van der Waals surface area contributed by atoms with E-state index in [1.807, 2.05) is 37.3 Å². The third-order valence-electron chi connectivity index (χ3n) is 2.46. The van der Waals surface area contributed by atoms with Crippen molar-refractivity contribution in [1.29, 1.82) is 0 Å². The second kappa shape index (κ2) is 5.52. The highest BCUT2D eigenvalue weighted by Crippen LogP contribution is 2.28. The van der Waals surface area contributed by atoms with E-state index in [1.54, 1.807) is 11.4 Å². The molecule has 18 heavy (non-hydrogen) atoms. The zero-order chi connectivity index (χ0) is 13.2. The summed E-state index contributed by atoms with van der Waals surface area (Å²) < 4.78 is 27.9. The van der Waals surface area contributed by atoms with Crippen molar-refractivity contribution < 1.29 is 8.42 Å². The fraction of sp³-hybridized carbons (Fsp3) is 0.167. The Kier molecular flexibility index (Phi) is 4.21. The van der Waals surface area contributed by atoms with Crippen LogP contribution in [-0.4, -0.2) is 8.42 Å². The second-order valence-electron chi connectivity index (χ2n) is 3.81. The summed E-state index contributed by atoms with van der Waals surface area (Å²) in [6, 6.07) is 11.0. The molecule has 1 aromatic carbocycles. The predicted octanol–water partition coefficient (Wildman–Crippen LogP) is 3.55. The monoisotopic (exact) mass is 345 g/mol. The zero-order valence-corrected chi connectivity index (χ0v) is 12.8. The molecule has 2 rings (SSSR count). The molecule has 1 N–H and O–H groups in total. The summed E-state index contributed by atoms with van der Waals surface area (Å²) >= 11 is 4.44. The predicted molar refractivity (Wildman–Crippen MR) is 77.2 cm³/mol. The van der Waals surface area contributed by atoms with Gasteiger partial charge in [-0.15, -0.1) is 11.3 Å². The molecule has 0 aliphatic heterocycles. The van der Waals surface area contributed by atoms with Gasteiger partial charge in [-0.2, -0.15) is 0 Å². The number of hydrogen-bond donors (Lipinski definition) is 1. The minimum atomic E-state index is -3.47. The van der Waals surface area contributed by atoms with E-state index in [0.29, 0.717) is 8.68 Å². The summed E-state index contributed by atoms with van der Waals surface area (Å²) in [6.07, 6.45) is 0. The number of halogens is 1. The van der Waals surface area contributed by atoms with Gasteiger partial charge in [0.1, 0.15) is 4.21 Å². The molecule has 96 valence electrons. The Hall–Kier alpha value is -0.690. The van der Waals surface area contributed by atoms with Crippen molar-refractivity contribution in [3.8, 4) is 0 Å². The van der Waals surface area contributed by atoms with Gasteiger partial charge >= 0.3 is 0 Å². The lowest BCUT2D eigenvalue weighted by Crippen LogP contribution is -2.26. The van der Waals surface area contributed by atoms with Crippen LogP contribution in [0.5, 0.6) is 0 Å². The first kappa shape index (κ1) is 13.7. The number of nitrogens with one attached hydrogen (secondary N) is 1. The lowest BCUT2D eigenvalue weighted by atomic mass is 10.1. The third-order valence-corrected chi connectivity index (χ3v) is 6.67. The standard InChI is InChI=1S/C12H12BrNO2S2/c1-9(10-5-3-2-4-6-10)14-18(15,16)12-11(13)7-8-17-12/h2-9,14H,1H3. The Morgan fingerprint density at radius 3 is 2.44 bits per heavy atom. The molecule has 0 aliphatic carbocycles. The van der Waals surface area contributed by atoms with Crippen LogP contribution in [0.2, 0.25) is 0 Å². The molecular formula is C12H12BrNO2S2. The first-order valence-corrected chi connectivity index (χ1v) is 8.46. The van der Waals surface area contributed by atoms with Gasteiger partial charge in [-0.1, -0.05) is 30.3 Å². The summed E-state index contributed by atoms with van der Waals surface area (Å²) in [7, 11) is -3.47. The van der Waals surface area contributed by atoms with Crippen molar-refractivity contribution in [3.05, 3.63) is 51.8 Å². The van der Waals surface area contributed by atoms with Crippen molar-refractivity contribution in [2.45, 2.75) is 17.2 Å². The fourth-order valence-electron chi connectivity index (χ4n) is 1.57. The van der Waals surface area contributed by atoms with Gasteiger partial charge in [0.25, 0.3) is 10.0 Å². The SMILES string of the molecule is CC(NS(=O)(=O)c1sccc1Br)c1ccccc1. The highest BCUT2D eigenvalue weighted by Gasteiger charge is 2.21. The summed E-state index contributed by atoms with van der Waals surface area (Å²) in [5, 5.41) is 1.74. The van der Waals surface area contributed by atoms with Gasteiger partial charge in [0.15, 0.2) is 0 Å². The molecule has 1 heterocycles. The molecule has 1 atom stereocenters. The number of benzene rings is 1. The lowest BCUT2D eigenvalue weighted by molar-refractivity contribution is 0.568. The first-order valence-electron chi connectivity index (χ1n) is 5.31. The van der Waals surface area contributed by atoms with E-state index < -0.39 is 10.0 Å². The van der Waals surface area contributed by atoms with Crippen molar-refractivity contribution in [1.82, 2.24) is 4.72 Å². The maximum absolute atomic E-state index is 12.2. The Balaban J connectivity index is 2.22. The molecule has 0 bridgehead atoms. The third kappa shape index (κ3) is 3.00. The van der Waals surface area contributed by atoms with E-state index in [9.17, 15) is 8.42 Å². The summed E-state index contributed by atoms with van der Waals surface area (Å²) in [5.41, 5.74) is 0.939. The van der Waals surface area contributed by atoms with Crippen LogP contribution in [0.3, 0.4) is 0 Å². The van der Waals surface area contributed by atoms with Crippen LogP contribution in [0.15, 0.2) is 50.5 Å². The maximum atomic E-state index is 12.2. The molecule has 0 radical (unpaired) electrons. The normalized spacial score (nSPS) is 13.4.